The summed E-state index contributed by atoms with van der Waals surface area (Å²) in [6.45, 7) is 5.63. The number of rotatable bonds is 5. The van der Waals surface area contributed by atoms with Crippen molar-refractivity contribution in [1.29, 1.82) is 0 Å². The predicted molar refractivity (Wildman–Crippen MR) is 144 cm³/mol. The highest BCUT2D eigenvalue weighted by Crippen LogP contribution is 2.35. The lowest BCUT2D eigenvalue weighted by Crippen LogP contribution is -2.23. The monoisotopic (exact) mass is 476 g/mol. The number of nitrogens with one attached hydrogen (secondary N) is 1. The van der Waals surface area contributed by atoms with Gasteiger partial charge in [0.25, 0.3) is 0 Å². The Morgan fingerprint density at radius 3 is 2.61 bits per heavy atom. The van der Waals surface area contributed by atoms with Gasteiger partial charge >= 0.3 is 0 Å². The van der Waals surface area contributed by atoms with E-state index in [1.807, 2.05) is 55.5 Å². The molecular weight excluding hydrogens is 448 g/mol. The van der Waals surface area contributed by atoms with Gasteiger partial charge in [-0.3, -0.25) is 4.79 Å². The van der Waals surface area contributed by atoms with Crippen molar-refractivity contribution in [2.24, 2.45) is 5.92 Å². The summed E-state index contributed by atoms with van der Waals surface area (Å²) in [4.78, 5) is 24.4. The molecule has 3 aromatic carbocycles. The van der Waals surface area contributed by atoms with Crippen LogP contribution in [0.1, 0.15) is 24.2 Å². The summed E-state index contributed by atoms with van der Waals surface area (Å²) in [5.74, 6) is 1.84. The zero-order valence-corrected chi connectivity index (χ0v) is 20.5. The molecule has 0 spiro atoms. The summed E-state index contributed by atoms with van der Waals surface area (Å²) in [5, 5.41) is 4.07. The molecule has 2 aromatic heterocycles. The molecule has 36 heavy (non-hydrogen) atoms. The van der Waals surface area contributed by atoms with Crippen LogP contribution in [-0.2, 0) is 4.79 Å². The smallest absolute Gasteiger partial charge is 0.224 e. The Kier molecular flexibility index (Phi) is 5.64. The van der Waals surface area contributed by atoms with E-state index in [0.29, 0.717) is 6.42 Å². The van der Waals surface area contributed by atoms with Gasteiger partial charge in [-0.1, -0.05) is 48.5 Å². The Morgan fingerprint density at radius 1 is 1.00 bits per heavy atom. The number of carbonyl (C=O) groups is 1. The number of hydrogen-bond acceptors (Lipinski definition) is 5. The van der Waals surface area contributed by atoms with Gasteiger partial charge in [-0.25, -0.2) is 9.97 Å². The number of anilines is 2. The molecule has 5 aromatic rings. The van der Waals surface area contributed by atoms with Crippen LogP contribution in [0.3, 0.4) is 0 Å². The highest BCUT2D eigenvalue weighted by Gasteiger charge is 2.28. The minimum absolute atomic E-state index is 0.0400. The number of para-hydroxylation sites is 1. The first kappa shape index (κ1) is 22.3. The topological polar surface area (TPSA) is 71.3 Å². The molecule has 0 radical (unpaired) electrons. The zero-order chi connectivity index (χ0) is 24.6. The van der Waals surface area contributed by atoms with Crippen molar-refractivity contribution in [3.8, 4) is 11.1 Å². The van der Waals surface area contributed by atoms with Crippen LogP contribution in [0.25, 0.3) is 33.2 Å². The molecule has 0 unspecified atom stereocenters. The number of benzene rings is 3. The third kappa shape index (κ3) is 4.19. The standard InChI is InChI=1S/C30H28N4O2/c1-19-7-3-4-8-24(19)22-11-13-23(14-12-22)33-27(35)17-21-15-16-34(18-21)30-29-28(31-20(2)32-30)25-9-5-6-10-26(25)36-29/h3-14,21H,15-18H2,1-2H3,(H,33,35)/t21-/m1/s1. The molecule has 0 bridgehead atoms. The van der Waals surface area contributed by atoms with Crippen LogP contribution in [0.5, 0.6) is 0 Å². The number of fused-ring (bicyclic) bond motifs is 3. The second kappa shape index (κ2) is 9.11. The molecule has 180 valence electrons. The Labute approximate surface area is 210 Å². The van der Waals surface area contributed by atoms with Crippen molar-refractivity contribution in [1.82, 2.24) is 9.97 Å². The number of furan rings is 1. The Hall–Kier alpha value is -4.19. The Morgan fingerprint density at radius 2 is 1.78 bits per heavy atom. The SMILES string of the molecule is Cc1nc(N2CC[C@H](CC(=O)Nc3ccc(-c4ccccc4C)cc3)C2)c2oc3ccccc3c2n1. The average Bonchev–Trinajstić information content (AvgIpc) is 3.49. The third-order valence-electron chi connectivity index (χ3n) is 7.00. The quantitative estimate of drug-likeness (QED) is 0.313. The van der Waals surface area contributed by atoms with Gasteiger partial charge in [0, 0.05) is 30.6 Å². The van der Waals surface area contributed by atoms with Crippen molar-refractivity contribution in [2.45, 2.75) is 26.7 Å². The second-order valence-electron chi connectivity index (χ2n) is 9.62. The van der Waals surface area contributed by atoms with E-state index in [1.165, 1.54) is 11.1 Å². The molecule has 6 rings (SSSR count). The van der Waals surface area contributed by atoms with E-state index in [-0.39, 0.29) is 11.8 Å². The maximum atomic E-state index is 12.8. The maximum absolute atomic E-state index is 12.8. The van der Waals surface area contributed by atoms with Crippen LogP contribution >= 0.6 is 0 Å². The minimum Gasteiger partial charge on any atom is -0.450 e. The Balaban J connectivity index is 1.13. The number of aryl methyl sites for hydroxylation is 2. The fourth-order valence-electron chi connectivity index (χ4n) is 5.20. The molecular formula is C30H28N4O2. The molecule has 3 heterocycles. The van der Waals surface area contributed by atoms with Crippen molar-refractivity contribution < 1.29 is 9.21 Å². The molecule has 1 aliphatic rings. The molecule has 6 nitrogen and oxygen atoms in total. The zero-order valence-electron chi connectivity index (χ0n) is 20.5. The summed E-state index contributed by atoms with van der Waals surface area (Å²) < 4.78 is 6.15. The minimum atomic E-state index is 0.0400. The second-order valence-corrected chi connectivity index (χ2v) is 9.62. The van der Waals surface area contributed by atoms with Crippen LogP contribution in [0.4, 0.5) is 11.5 Å². The fraction of sp³-hybridized carbons (Fsp3) is 0.233. The average molecular weight is 477 g/mol. The summed E-state index contributed by atoms with van der Waals surface area (Å²) >= 11 is 0. The van der Waals surface area contributed by atoms with Gasteiger partial charge in [-0.15, -0.1) is 0 Å². The van der Waals surface area contributed by atoms with Gasteiger partial charge in [0.15, 0.2) is 11.4 Å². The van der Waals surface area contributed by atoms with Gasteiger partial charge in [-0.05, 0) is 67.1 Å². The van der Waals surface area contributed by atoms with E-state index in [9.17, 15) is 4.79 Å². The van der Waals surface area contributed by atoms with Gasteiger partial charge in [0.2, 0.25) is 5.91 Å². The van der Waals surface area contributed by atoms with E-state index in [0.717, 1.165) is 64.5 Å². The van der Waals surface area contributed by atoms with Crippen molar-refractivity contribution in [3.63, 3.8) is 0 Å². The van der Waals surface area contributed by atoms with Crippen LogP contribution in [0, 0.1) is 19.8 Å². The first-order valence-corrected chi connectivity index (χ1v) is 12.4. The molecule has 1 atom stereocenters. The van der Waals surface area contributed by atoms with Crippen LogP contribution < -0.4 is 10.2 Å². The summed E-state index contributed by atoms with van der Waals surface area (Å²) in [7, 11) is 0. The maximum Gasteiger partial charge on any atom is 0.224 e. The molecule has 1 N–H and O–H groups in total. The van der Waals surface area contributed by atoms with Crippen molar-refractivity contribution in [2.75, 3.05) is 23.3 Å². The molecule has 1 amide bonds. The molecule has 0 saturated carbocycles. The van der Waals surface area contributed by atoms with Gasteiger partial charge in [0.05, 0.1) is 0 Å². The fourth-order valence-corrected chi connectivity index (χ4v) is 5.20. The Bertz CT molecular complexity index is 1570. The summed E-state index contributed by atoms with van der Waals surface area (Å²) in [5.41, 5.74) is 6.80. The highest BCUT2D eigenvalue weighted by molar-refractivity contribution is 6.05. The summed E-state index contributed by atoms with van der Waals surface area (Å²) in [6, 6.07) is 24.3. The van der Waals surface area contributed by atoms with E-state index in [1.54, 1.807) is 0 Å². The molecule has 1 saturated heterocycles. The van der Waals surface area contributed by atoms with Crippen molar-refractivity contribution >= 4 is 39.5 Å². The van der Waals surface area contributed by atoms with E-state index < -0.39 is 0 Å². The lowest BCUT2D eigenvalue weighted by Gasteiger charge is -2.18. The first-order valence-electron chi connectivity index (χ1n) is 12.4. The van der Waals surface area contributed by atoms with Crippen LogP contribution in [0.2, 0.25) is 0 Å². The van der Waals surface area contributed by atoms with E-state index in [2.05, 4.69) is 46.4 Å². The van der Waals surface area contributed by atoms with E-state index in [4.69, 9.17) is 9.40 Å². The number of amides is 1. The number of hydrogen-bond donors (Lipinski definition) is 1. The molecule has 1 fully saturated rings. The molecule has 6 heteroatoms. The molecule has 0 aliphatic carbocycles. The first-order chi connectivity index (χ1) is 17.5. The highest BCUT2D eigenvalue weighted by atomic mass is 16.3. The largest absolute Gasteiger partial charge is 0.450 e. The van der Waals surface area contributed by atoms with Crippen LogP contribution in [0.15, 0.2) is 77.2 Å². The van der Waals surface area contributed by atoms with Gasteiger partial charge in [-0.2, -0.15) is 0 Å². The normalized spacial score (nSPS) is 15.6. The number of carbonyl (C=O) groups excluding carboxylic acids is 1. The predicted octanol–water partition coefficient (Wildman–Crippen LogP) is 6.51. The molecule has 1 aliphatic heterocycles. The number of nitrogens with zero attached hydrogens (tertiary/aromatic N) is 3. The lowest BCUT2D eigenvalue weighted by atomic mass is 10.0. The van der Waals surface area contributed by atoms with E-state index >= 15 is 0 Å². The summed E-state index contributed by atoms with van der Waals surface area (Å²) in [6.07, 6.45) is 1.41. The van der Waals surface area contributed by atoms with Gasteiger partial charge < -0.3 is 14.6 Å². The van der Waals surface area contributed by atoms with Crippen molar-refractivity contribution in [3.05, 3.63) is 84.2 Å². The lowest BCUT2D eigenvalue weighted by molar-refractivity contribution is -0.116. The third-order valence-corrected chi connectivity index (χ3v) is 7.00. The number of aromatic nitrogens is 2. The van der Waals surface area contributed by atoms with Crippen LogP contribution in [-0.4, -0.2) is 29.0 Å². The van der Waals surface area contributed by atoms with Gasteiger partial charge in [0.1, 0.15) is 16.9 Å².